The molecule has 0 aromatic heterocycles. The Hall–Kier alpha value is -2.67. The highest BCUT2D eigenvalue weighted by molar-refractivity contribution is 7.90. The predicted octanol–water partition coefficient (Wildman–Crippen LogP) is 2.87. The number of ether oxygens (including phenoxy) is 1. The van der Waals surface area contributed by atoms with E-state index in [4.69, 9.17) is 9.84 Å². The van der Waals surface area contributed by atoms with Gasteiger partial charge in [-0.3, -0.25) is 0 Å². The van der Waals surface area contributed by atoms with Crippen molar-refractivity contribution < 1.29 is 23.1 Å². The number of hydrogen-bond donors (Lipinski definition) is 1. The van der Waals surface area contributed by atoms with Gasteiger partial charge >= 0.3 is 5.97 Å². The molecule has 0 unspecified atom stereocenters. The van der Waals surface area contributed by atoms with Crippen molar-refractivity contribution in [1.29, 1.82) is 0 Å². The van der Waals surface area contributed by atoms with Gasteiger partial charge in [-0.1, -0.05) is 18.2 Å². The van der Waals surface area contributed by atoms with Crippen molar-refractivity contribution in [2.45, 2.75) is 11.8 Å². The monoisotopic (exact) mass is 319 g/mol. The van der Waals surface area contributed by atoms with Crippen LogP contribution >= 0.6 is 0 Å². The van der Waals surface area contributed by atoms with Crippen molar-refractivity contribution in [3.63, 3.8) is 0 Å². The molecule has 114 valence electrons. The second-order valence-electron chi connectivity index (χ2n) is 4.44. The molecule has 0 saturated carbocycles. The van der Waals surface area contributed by atoms with Crippen LogP contribution in [0.5, 0.6) is 11.5 Å². The van der Waals surface area contributed by atoms with Crippen LogP contribution in [0.15, 0.2) is 51.8 Å². The van der Waals surface area contributed by atoms with Gasteiger partial charge in [0.05, 0.1) is 5.56 Å². The molecule has 0 aliphatic heterocycles. The summed E-state index contributed by atoms with van der Waals surface area (Å²) in [4.78, 5) is 10.8. The quantitative estimate of drug-likeness (QED) is 0.855. The van der Waals surface area contributed by atoms with Crippen molar-refractivity contribution in [2.24, 2.45) is 4.40 Å². The zero-order chi connectivity index (χ0) is 16.3. The van der Waals surface area contributed by atoms with Crippen LogP contribution in [0.4, 0.5) is 0 Å². The van der Waals surface area contributed by atoms with Crippen molar-refractivity contribution in [3.8, 4) is 11.5 Å². The Bertz CT molecular complexity index is 829. The molecule has 22 heavy (non-hydrogen) atoms. The lowest BCUT2D eigenvalue weighted by Gasteiger charge is -2.13. The van der Waals surface area contributed by atoms with Gasteiger partial charge in [0.15, 0.2) is 5.75 Å². The molecular formula is C15H13NO5S. The summed E-state index contributed by atoms with van der Waals surface area (Å²) in [5.74, 6) is -0.785. The Morgan fingerprint density at radius 2 is 1.86 bits per heavy atom. The Balaban J connectivity index is 2.66. The van der Waals surface area contributed by atoms with Gasteiger partial charge in [-0.25, -0.2) is 4.79 Å². The first-order valence-corrected chi connectivity index (χ1v) is 7.63. The smallest absolute Gasteiger partial charge is 0.335 e. The number of benzene rings is 2. The summed E-state index contributed by atoms with van der Waals surface area (Å²) < 4.78 is 32.8. The number of para-hydroxylation sites is 1. The summed E-state index contributed by atoms with van der Waals surface area (Å²) in [5.41, 5.74) is 0.200. The van der Waals surface area contributed by atoms with Crippen molar-refractivity contribution >= 4 is 22.7 Å². The van der Waals surface area contributed by atoms with Crippen LogP contribution in [0.25, 0.3) is 0 Å². The SMILES string of the molecule is C=NS(=O)(=O)c1cc(C(=O)O)cc(C)c1Oc1ccccc1. The molecule has 0 radical (unpaired) electrons. The fourth-order valence-electron chi connectivity index (χ4n) is 1.86. The number of hydrogen-bond acceptors (Lipinski definition) is 4. The maximum atomic E-state index is 12.0. The van der Waals surface area contributed by atoms with Crippen LogP contribution in [-0.2, 0) is 10.0 Å². The molecule has 0 heterocycles. The van der Waals surface area contributed by atoms with E-state index in [1.165, 1.54) is 6.07 Å². The molecule has 0 fully saturated rings. The van der Waals surface area contributed by atoms with E-state index in [0.29, 0.717) is 11.3 Å². The van der Waals surface area contributed by atoms with E-state index in [9.17, 15) is 13.2 Å². The van der Waals surface area contributed by atoms with Gasteiger partial charge in [-0.2, -0.15) is 12.8 Å². The topological polar surface area (TPSA) is 93.0 Å². The minimum atomic E-state index is -4.10. The molecule has 0 spiro atoms. The van der Waals surface area contributed by atoms with E-state index in [1.807, 2.05) is 0 Å². The third-order valence-corrected chi connectivity index (χ3v) is 4.10. The van der Waals surface area contributed by atoms with Crippen molar-refractivity contribution in [1.82, 2.24) is 0 Å². The minimum absolute atomic E-state index is 0.0311. The number of rotatable bonds is 5. The lowest BCUT2D eigenvalue weighted by atomic mass is 10.1. The lowest BCUT2D eigenvalue weighted by Crippen LogP contribution is -2.05. The van der Waals surface area contributed by atoms with Crippen LogP contribution < -0.4 is 4.74 Å². The van der Waals surface area contributed by atoms with Gasteiger partial charge in [-0.15, -0.1) is 0 Å². The number of carbonyl (C=O) groups is 1. The average Bonchev–Trinajstić information content (AvgIpc) is 2.49. The van der Waals surface area contributed by atoms with E-state index in [0.717, 1.165) is 6.07 Å². The second-order valence-corrected chi connectivity index (χ2v) is 6.09. The molecule has 1 N–H and O–H groups in total. The van der Waals surface area contributed by atoms with Crippen LogP contribution in [0.1, 0.15) is 15.9 Å². The summed E-state index contributed by atoms with van der Waals surface area (Å²) in [7, 11) is -4.10. The summed E-state index contributed by atoms with van der Waals surface area (Å²) in [6.45, 7) is 4.58. The highest BCUT2D eigenvalue weighted by Gasteiger charge is 2.23. The zero-order valence-electron chi connectivity index (χ0n) is 11.7. The van der Waals surface area contributed by atoms with Crippen molar-refractivity contribution in [2.75, 3.05) is 0 Å². The van der Waals surface area contributed by atoms with Gasteiger partial charge in [0.2, 0.25) is 0 Å². The maximum Gasteiger partial charge on any atom is 0.335 e. The van der Waals surface area contributed by atoms with E-state index in [-0.39, 0.29) is 16.2 Å². The third-order valence-electron chi connectivity index (χ3n) is 2.90. The number of carboxylic acids is 1. The predicted molar refractivity (Wildman–Crippen MR) is 81.4 cm³/mol. The molecule has 6 nitrogen and oxygen atoms in total. The first kappa shape index (κ1) is 15.7. The van der Waals surface area contributed by atoms with E-state index in [1.54, 1.807) is 37.3 Å². The standard InChI is InChI=1S/C15H13NO5S/c1-10-8-11(15(17)18)9-13(22(19,20)16-2)14(10)21-12-6-4-3-5-7-12/h3-9H,2H2,1H3,(H,17,18). The molecule has 0 atom stereocenters. The van der Waals surface area contributed by atoms with Gasteiger partial charge in [0.1, 0.15) is 10.6 Å². The number of nitrogens with zero attached hydrogens (tertiary/aromatic N) is 1. The Labute approximate surface area is 127 Å². The Morgan fingerprint density at radius 1 is 1.23 bits per heavy atom. The first-order valence-electron chi connectivity index (χ1n) is 6.19. The van der Waals surface area contributed by atoms with Gasteiger partial charge in [-0.05, 0) is 36.8 Å². The summed E-state index contributed by atoms with van der Waals surface area (Å²) in [6, 6.07) is 10.9. The molecule has 2 rings (SSSR count). The fourth-order valence-corrected chi connectivity index (χ4v) is 2.72. The molecule has 2 aromatic rings. The summed E-state index contributed by atoms with van der Waals surface area (Å²) in [5, 5.41) is 9.07. The van der Waals surface area contributed by atoms with Crippen LogP contribution in [0.2, 0.25) is 0 Å². The highest BCUT2D eigenvalue weighted by atomic mass is 32.2. The fraction of sp³-hybridized carbons (Fsp3) is 0.0667. The molecule has 0 bridgehead atoms. The van der Waals surface area contributed by atoms with E-state index >= 15 is 0 Å². The molecule has 2 aromatic carbocycles. The molecule has 7 heteroatoms. The highest BCUT2D eigenvalue weighted by Crippen LogP contribution is 2.34. The number of sulfonamides is 1. The van der Waals surface area contributed by atoms with Gasteiger partial charge < -0.3 is 9.84 Å². The second kappa shape index (κ2) is 5.98. The maximum absolute atomic E-state index is 12.0. The average molecular weight is 319 g/mol. The van der Waals surface area contributed by atoms with E-state index < -0.39 is 16.0 Å². The molecule has 0 aliphatic rings. The summed E-state index contributed by atoms with van der Waals surface area (Å²) in [6.07, 6.45) is 0. The van der Waals surface area contributed by atoms with E-state index in [2.05, 4.69) is 11.1 Å². The normalized spacial score (nSPS) is 11.0. The zero-order valence-corrected chi connectivity index (χ0v) is 12.5. The van der Waals surface area contributed by atoms with Crippen LogP contribution in [0.3, 0.4) is 0 Å². The largest absolute Gasteiger partial charge is 0.478 e. The van der Waals surface area contributed by atoms with Crippen molar-refractivity contribution in [3.05, 3.63) is 53.6 Å². The third kappa shape index (κ3) is 3.15. The molecular weight excluding hydrogens is 306 g/mol. The molecule has 0 saturated heterocycles. The molecule has 0 aliphatic carbocycles. The number of carboxylic acid groups (broad SMARTS) is 1. The van der Waals surface area contributed by atoms with Gasteiger partial charge in [0.25, 0.3) is 10.0 Å². The number of aromatic carboxylic acids is 1. The Morgan fingerprint density at radius 3 is 2.41 bits per heavy atom. The van der Waals surface area contributed by atoms with Crippen LogP contribution in [0, 0.1) is 6.92 Å². The lowest BCUT2D eigenvalue weighted by molar-refractivity contribution is 0.0696. The first-order chi connectivity index (χ1) is 10.3. The minimum Gasteiger partial charge on any atom is -0.478 e. The summed E-state index contributed by atoms with van der Waals surface area (Å²) >= 11 is 0. The molecule has 0 amide bonds. The van der Waals surface area contributed by atoms with Crippen LogP contribution in [-0.4, -0.2) is 26.2 Å². The van der Waals surface area contributed by atoms with Gasteiger partial charge in [0, 0.05) is 6.72 Å². The Kier molecular flexibility index (Phi) is 4.27. The number of aryl methyl sites for hydroxylation is 1.